The van der Waals surface area contributed by atoms with Crippen molar-refractivity contribution >= 4 is 17.3 Å². The summed E-state index contributed by atoms with van der Waals surface area (Å²) in [5, 5.41) is 6.24. The Morgan fingerprint density at radius 2 is 2.22 bits per heavy atom. The number of amides is 1. The van der Waals surface area contributed by atoms with E-state index in [0.717, 1.165) is 30.0 Å². The lowest BCUT2D eigenvalue weighted by Gasteiger charge is -2.34. The van der Waals surface area contributed by atoms with Crippen molar-refractivity contribution in [1.29, 1.82) is 0 Å². The minimum atomic E-state index is -0.430. The van der Waals surface area contributed by atoms with Crippen molar-refractivity contribution in [2.24, 2.45) is 5.73 Å². The number of benzene rings is 1. The summed E-state index contributed by atoms with van der Waals surface area (Å²) in [4.78, 5) is 11.5. The predicted octanol–water partition coefficient (Wildman–Crippen LogP) is 1.31. The summed E-state index contributed by atoms with van der Waals surface area (Å²) in [6, 6.07) is 6.52. The third kappa shape index (κ3) is 2.01. The van der Waals surface area contributed by atoms with E-state index >= 15 is 0 Å². The quantitative estimate of drug-likeness (QED) is 0.736. The number of rotatable bonds is 2. The number of ether oxygens (including phenoxy) is 1. The van der Waals surface area contributed by atoms with Crippen LogP contribution < -0.4 is 21.1 Å². The van der Waals surface area contributed by atoms with Crippen molar-refractivity contribution < 1.29 is 9.53 Å². The molecule has 1 fully saturated rings. The molecule has 5 heteroatoms. The Bertz CT molecular complexity index is 483. The molecule has 4 N–H and O–H groups in total. The van der Waals surface area contributed by atoms with Gasteiger partial charge in [0, 0.05) is 17.8 Å². The predicted molar refractivity (Wildman–Crippen MR) is 69.8 cm³/mol. The third-order valence-corrected chi connectivity index (χ3v) is 3.46. The molecule has 1 aliphatic heterocycles. The molecule has 1 saturated carbocycles. The van der Waals surface area contributed by atoms with Gasteiger partial charge in [0.15, 0.2) is 6.10 Å². The lowest BCUT2D eigenvalue weighted by atomic mass is 9.87. The molecule has 2 aliphatic rings. The molecule has 1 aromatic rings. The lowest BCUT2D eigenvalue weighted by molar-refractivity contribution is -0.122. The highest BCUT2D eigenvalue weighted by Crippen LogP contribution is 2.33. The Morgan fingerprint density at radius 1 is 1.44 bits per heavy atom. The minimum Gasteiger partial charge on any atom is -0.479 e. The van der Waals surface area contributed by atoms with E-state index in [1.807, 2.05) is 18.2 Å². The summed E-state index contributed by atoms with van der Waals surface area (Å²) in [6.45, 7) is 1.74. The second-order valence-corrected chi connectivity index (χ2v) is 5.03. The fourth-order valence-electron chi connectivity index (χ4n) is 2.31. The van der Waals surface area contributed by atoms with Gasteiger partial charge >= 0.3 is 0 Å². The maximum Gasteiger partial charge on any atom is 0.265 e. The summed E-state index contributed by atoms with van der Waals surface area (Å²) < 4.78 is 5.50. The number of hydrogen-bond acceptors (Lipinski definition) is 4. The van der Waals surface area contributed by atoms with Gasteiger partial charge in [0.05, 0.1) is 5.69 Å². The largest absolute Gasteiger partial charge is 0.479 e. The highest BCUT2D eigenvalue weighted by Gasteiger charge is 2.27. The first-order valence-corrected chi connectivity index (χ1v) is 6.25. The molecule has 96 valence electrons. The van der Waals surface area contributed by atoms with E-state index in [2.05, 4.69) is 10.6 Å². The molecule has 1 amide bonds. The molecular weight excluding hydrogens is 230 g/mol. The van der Waals surface area contributed by atoms with Crippen LogP contribution in [0.5, 0.6) is 5.75 Å². The van der Waals surface area contributed by atoms with Gasteiger partial charge < -0.3 is 21.1 Å². The molecule has 3 rings (SSSR count). The van der Waals surface area contributed by atoms with Crippen molar-refractivity contribution in [3.63, 3.8) is 0 Å². The smallest absolute Gasteiger partial charge is 0.265 e. The number of hydrogen-bond donors (Lipinski definition) is 3. The molecule has 1 unspecified atom stereocenters. The third-order valence-electron chi connectivity index (χ3n) is 3.46. The summed E-state index contributed by atoms with van der Waals surface area (Å²) in [5.74, 6) is 0.614. The SMILES string of the molecule is CC1Oc2ccc(NC3CC(N)C3)cc2NC1=O. The monoisotopic (exact) mass is 247 g/mol. The molecule has 1 aromatic carbocycles. The van der Waals surface area contributed by atoms with Crippen LogP contribution in [-0.2, 0) is 4.79 Å². The molecule has 5 nitrogen and oxygen atoms in total. The molecule has 0 radical (unpaired) electrons. The Hall–Kier alpha value is -1.75. The van der Waals surface area contributed by atoms with E-state index in [9.17, 15) is 4.79 Å². The zero-order valence-electron chi connectivity index (χ0n) is 10.3. The van der Waals surface area contributed by atoms with Gasteiger partial charge in [-0.1, -0.05) is 0 Å². The summed E-state index contributed by atoms with van der Waals surface area (Å²) in [6.07, 6.45) is 1.56. The van der Waals surface area contributed by atoms with Gasteiger partial charge in [0.25, 0.3) is 5.91 Å². The zero-order chi connectivity index (χ0) is 12.7. The first-order chi connectivity index (χ1) is 8.61. The van der Waals surface area contributed by atoms with E-state index in [4.69, 9.17) is 10.5 Å². The van der Waals surface area contributed by atoms with Crippen molar-refractivity contribution in [2.75, 3.05) is 10.6 Å². The first-order valence-electron chi connectivity index (χ1n) is 6.25. The lowest BCUT2D eigenvalue weighted by Crippen LogP contribution is -2.44. The molecular formula is C13H17N3O2. The van der Waals surface area contributed by atoms with Crippen molar-refractivity contribution in [3.8, 4) is 5.75 Å². The van der Waals surface area contributed by atoms with Crippen LogP contribution in [0.3, 0.4) is 0 Å². The Balaban J connectivity index is 1.74. The number of anilines is 2. The van der Waals surface area contributed by atoms with Gasteiger partial charge in [-0.15, -0.1) is 0 Å². The van der Waals surface area contributed by atoms with E-state index in [1.54, 1.807) is 6.92 Å². The van der Waals surface area contributed by atoms with Crippen LogP contribution in [0.15, 0.2) is 18.2 Å². The maximum absolute atomic E-state index is 11.5. The molecule has 1 heterocycles. The molecule has 0 aromatic heterocycles. The summed E-state index contributed by atoms with van der Waals surface area (Å²) in [7, 11) is 0. The highest BCUT2D eigenvalue weighted by atomic mass is 16.5. The average molecular weight is 247 g/mol. The Kier molecular flexibility index (Phi) is 2.63. The molecule has 1 atom stereocenters. The standard InChI is InChI=1S/C13H17N3O2/c1-7-13(17)16-11-6-9(2-3-12(11)18-7)15-10-4-8(14)5-10/h2-3,6-8,10,15H,4-5,14H2,1H3,(H,16,17). The van der Waals surface area contributed by atoms with Gasteiger partial charge in [-0.3, -0.25) is 4.79 Å². The fraction of sp³-hybridized carbons (Fsp3) is 0.462. The van der Waals surface area contributed by atoms with E-state index in [1.165, 1.54) is 0 Å². The molecule has 0 saturated heterocycles. The van der Waals surface area contributed by atoms with Crippen molar-refractivity contribution in [3.05, 3.63) is 18.2 Å². The molecule has 0 bridgehead atoms. The fourth-order valence-corrected chi connectivity index (χ4v) is 2.31. The second kappa shape index (κ2) is 4.17. The first kappa shape index (κ1) is 11.3. The highest BCUT2D eigenvalue weighted by molar-refractivity contribution is 5.98. The van der Waals surface area contributed by atoms with Gasteiger partial charge in [-0.25, -0.2) is 0 Å². The van der Waals surface area contributed by atoms with E-state index in [-0.39, 0.29) is 5.91 Å². The zero-order valence-corrected chi connectivity index (χ0v) is 10.3. The molecule has 1 aliphatic carbocycles. The number of carbonyl (C=O) groups is 1. The van der Waals surface area contributed by atoms with Gasteiger partial charge in [0.2, 0.25) is 0 Å². The van der Waals surface area contributed by atoms with Gasteiger partial charge in [-0.2, -0.15) is 0 Å². The van der Waals surface area contributed by atoms with Crippen LogP contribution >= 0.6 is 0 Å². The van der Waals surface area contributed by atoms with E-state index < -0.39 is 6.10 Å². The van der Waals surface area contributed by atoms with Crippen LogP contribution in [-0.4, -0.2) is 24.1 Å². The van der Waals surface area contributed by atoms with Crippen LogP contribution in [0, 0.1) is 0 Å². The minimum absolute atomic E-state index is 0.106. The van der Waals surface area contributed by atoms with Gasteiger partial charge in [-0.05, 0) is 38.0 Å². The molecule has 0 spiro atoms. The molecule has 18 heavy (non-hydrogen) atoms. The summed E-state index contributed by atoms with van der Waals surface area (Å²) >= 11 is 0. The number of carbonyl (C=O) groups excluding carboxylic acids is 1. The average Bonchev–Trinajstić information content (AvgIpc) is 2.29. The topological polar surface area (TPSA) is 76.4 Å². The number of nitrogens with one attached hydrogen (secondary N) is 2. The van der Waals surface area contributed by atoms with Crippen molar-refractivity contribution in [1.82, 2.24) is 0 Å². The van der Waals surface area contributed by atoms with Crippen LogP contribution in [0.2, 0.25) is 0 Å². The van der Waals surface area contributed by atoms with Crippen LogP contribution in [0.1, 0.15) is 19.8 Å². The Labute approximate surface area is 106 Å². The summed E-state index contributed by atoms with van der Waals surface area (Å²) in [5.41, 5.74) is 7.47. The van der Waals surface area contributed by atoms with Gasteiger partial charge in [0.1, 0.15) is 5.75 Å². The van der Waals surface area contributed by atoms with Crippen molar-refractivity contribution in [2.45, 2.75) is 38.0 Å². The second-order valence-electron chi connectivity index (χ2n) is 5.03. The Morgan fingerprint density at radius 3 is 2.94 bits per heavy atom. The number of fused-ring (bicyclic) bond motifs is 1. The van der Waals surface area contributed by atoms with E-state index in [0.29, 0.717) is 12.1 Å². The number of nitrogens with two attached hydrogens (primary N) is 1. The van der Waals surface area contributed by atoms with Crippen LogP contribution in [0.4, 0.5) is 11.4 Å². The normalized spacial score (nSPS) is 29.7. The van der Waals surface area contributed by atoms with Crippen LogP contribution in [0.25, 0.3) is 0 Å². The maximum atomic E-state index is 11.5.